The van der Waals surface area contributed by atoms with Crippen LogP contribution in [0.25, 0.3) is 6.08 Å². The molecule has 0 aromatic heterocycles. The molecule has 4 atom stereocenters. The number of hydrogen-bond donors (Lipinski definition) is 3. The van der Waals surface area contributed by atoms with Crippen molar-refractivity contribution in [3.8, 4) is 11.5 Å². The largest absolute Gasteiger partial charge is 0.508 e. The number of para-hydroxylation sites is 2. The van der Waals surface area contributed by atoms with Crippen molar-refractivity contribution in [2.75, 3.05) is 16.8 Å². The lowest BCUT2D eigenvalue weighted by Gasteiger charge is -2.43. The molecule has 9 heteroatoms. The second-order valence-electron chi connectivity index (χ2n) is 13.1. The van der Waals surface area contributed by atoms with E-state index in [1.165, 1.54) is 4.90 Å². The van der Waals surface area contributed by atoms with Crippen molar-refractivity contribution in [2.45, 2.75) is 38.6 Å². The summed E-state index contributed by atoms with van der Waals surface area (Å²) in [4.78, 5) is 29.7. The number of anilines is 3. The van der Waals surface area contributed by atoms with Crippen LogP contribution in [0.5, 0.6) is 11.5 Å². The van der Waals surface area contributed by atoms with Gasteiger partial charge < -0.3 is 24.8 Å². The summed E-state index contributed by atoms with van der Waals surface area (Å²) in [6, 6.07) is 33.8. The van der Waals surface area contributed by atoms with Gasteiger partial charge in [-0.2, -0.15) is 0 Å². The molecule has 4 aromatic carbocycles. The molecule has 2 aliphatic heterocycles. The number of imide groups is 1. The van der Waals surface area contributed by atoms with Gasteiger partial charge in [-0.05, 0) is 116 Å². The fraction of sp³-hybridized carbons (Fsp3) is 0.250. The summed E-state index contributed by atoms with van der Waals surface area (Å²) in [5, 5.41) is 24.3. The monoisotopic (exact) mass is 654 g/mol. The molecule has 49 heavy (non-hydrogen) atoms. The Balaban J connectivity index is 1.16. The minimum Gasteiger partial charge on any atom is -0.508 e. The van der Waals surface area contributed by atoms with Gasteiger partial charge in [-0.1, -0.05) is 60.2 Å². The first kappa shape index (κ1) is 32.4. The van der Waals surface area contributed by atoms with Gasteiger partial charge >= 0.3 is 7.12 Å². The van der Waals surface area contributed by atoms with Crippen LogP contribution in [0.3, 0.4) is 0 Å². The lowest BCUT2D eigenvalue weighted by molar-refractivity contribution is -0.122. The number of ether oxygens (including phenoxy) is 1. The van der Waals surface area contributed by atoms with Crippen molar-refractivity contribution in [2.24, 2.45) is 17.8 Å². The average molecular weight is 655 g/mol. The fourth-order valence-electron chi connectivity index (χ4n) is 7.55. The fourth-order valence-corrected chi connectivity index (χ4v) is 7.55. The first-order valence-electron chi connectivity index (χ1n) is 16.8. The summed E-state index contributed by atoms with van der Waals surface area (Å²) >= 11 is 0. The quantitative estimate of drug-likeness (QED) is 0.0930. The summed E-state index contributed by atoms with van der Waals surface area (Å²) < 4.78 is 12.4. The number of phenols is 1. The molecule has 2 heterocycles. The Morgan fingerprint density at radius 1 is 0.918 bits per heavy atom. The number of rotatable bonds is 10. The van der Waals surface area contributed by atoms with Crippen LogP contribution >= 0.6 is 0 Å². The Labute approximate surface area is 286 Å². The maximum Gasteiger partial charge on any atom is 0.455 e. The SMILES string of the molecule is C/C(=C\c1cccc(O)c1)CC[C@H]1OB(O)C[C@H]2C1=C(COc1ccccc1)C[C@H]1C(=O)N(c3ccc(Nc4ccccc4)cc3)C(=O)[C@H]12. The lowest BCUT2D eigenvalue weighted by Crippen LogP contribution is -2.46. The van der Waals surface area contributed by atoms with E-state index in [4.69, 9.17) is 9.39 Å². The van der Waals surface area contributed by atoms with Gasteiger partial charge in [0.05, 0.1) is 23.6 Å². The minimum atomic E-state index is -1.07. The molecule has 4 aromatic rings. The van der Waals surface area contributed by atoms with E-state index in [0.29, 0.717) is 30.7 Å². The summed E-state index contributed by atoms with van der Waals surface area (Å²) in [6.07, 6.45) is 3.44. The third kappa shape index (κ3) is 7.04. The maximum atomic E-state index is 14.3. The third-order valence-corrected chi connectivity index (χ3v) is 9.74. The molecule has 3 aliphatic rings. The van der Waals surface area contributed by atoms with Gasteiger partial charge in [-0.25, -0.2) is 0 Å². The highest BCUT2D eigenvalue weighted by Gasteiger charge is 2.57. The number of fused-ring (bicyclic) bond motifs is 3. The molecule has 0 saturated carbocycles. The van der Waals surface area contributed by atoms with E-state index in [1.807, 2.05) is 91.9 Å². The van der Waals surface area contributed by atoms with Crippen molar-refractivity contribution < 1.29 is 29.1 Å². The van der Waals surface area contributed by atoms with Crippen molar-refractivity contribution in [1.82, 2.24) is 0 Å². The number of benzene rings is 4. The Bertz CT molecular complexity index is 1880. The summed E-state index contributed by atoms with van der Waals surface area (Å²) in [5.74, 6) is -1.07. The normalized spacial score (nSPS) is 22.2. The van der Waals surface area contributed by atoms with Gasteiger partial charge in [0, 0.05) is 11.4 Å². The molecule has 2 amide bonds. The molecule has 2 saturated heterocycles. The zero-order valence-corrected chi connectivity index (χ0v) is 27.4. The zero-order valence-electron chi connectivity index (χ0n) is 27.4. The van der Waals surface area contributed by atoms with Crippen LogP contribution in [-0.2, 0) is 14.2 Å². The van der Waals surface area contributed by atoms with Crippen LogP contribution < -0.4 is 15.0 Å². The van der Waals surface area contributed by atoms with E-state index in [2.05, 4.69) is 5.32 Å². The molecule has 1 aliphatic carbocycles. The van der Waals surface area contributed by atoms with Gasteiger partial charge in [-0.15, -0.1) is 0 Å². The molecule has 7 rings (SSSR count). The number of carbonyl (C=O) groups excluding carboxylic acids is 2. The number of hydrogen-bond acceptors (Lipinski definition) is 7. The molecule has 0 spiro atoms. The second kappa shape index (κ2) is 14.2. The number of aromatic hydroxyl groups is 1. The molecule has 3 N–H and O–H groups in total. The average Bonchev–Trinajstić information content (AvgIpc) is 3.36. The number of nitrogens with one attached hydrogen (secondary N) is 1. The standard InChI is InChI=1S/C40H39BN2O6/c1-26(21-27-9-8-12-32(44)22-27)15-20-36-37-28(25-48-33-13-6-3-7-14-33)23-34-38(35(37)24-41(47)49-36)40(46)43(39(34)45)31-18-16-30(17-19-31)42-29-10-4-2-5-11-29/h2-14,16-19,21-22,34-36,38,42,44,47H,15,20,23-25H2,1H3/b26-21+/t34-,35+,36-,38-/m1/s1. The van der Waals surface area contributed by atoms with E-state index < -0.39 is 25.1 Å². The Hall–Kier alpha value is -5.12. The first-order valence-corrected chi connectivity index (χ1v) is 16.8. The molecule has 0 bridgehead atoms. The third-order valence-electron chi connectivity index (χ3n) is 9.74. The van der Waals surface area contributed by atoms with E-state index >= 15 is 0 Å². The van der Waals surface area contributed by atoms with Crippen LogP contribution in [0.4, 0.5) is 17.1 Å². The lowest BCUT2D eigenvalue weighted by atomic mass is 9.58. The molecule has 0 unspecified atom stereocenters. The highest BCUT2D eigenvalue weighted by Crippen LogP contribution is 2.51. The molecular weight excluding hydrogens is 615 g/mol. The van der Waals surface area contributed by atoms with Crippen LogP contribution in [0, 0.1) is 17.8 Å². The molecule has 248 valence electrons. The number of amides is 2. The first-order chi connectivity index (χ1) is 23.8. The highest BCUT2D eigenvalue weighted by atomic mass is 16.5. The topological polar surface area (TPSA) is 108 Å². The predicted octanol–water partition coefficient (Wildman–Crippen LogP) is 7.40. The molecule has 0 radical (unpaired) electrons. The van der Waals surface area contributed by atoms with Crippen LogP contribution in [0.1, 0.15) is 31.7 Å². The van der Waals surface area contributed by atoms with Gasteiger partial charge in [0.15, 0.2) is 0 Å². The Kier molecular flexibility index (Phi) is 9.37. The van der Waals surface area contributed by atoms with E-state index in [0.717, 1.165) is 33.7 Å². The maximum absolute atomic E-state index is 14.3. The van der Waals surface area contributed by atoms with E-state index in [9.17, 15) is 19.7 Å². The predicted molar refractivity (Wildman–Crippen MR) is 191 cm³/mol. The van der Waals surface area contributed by atoms with E-state index in [-0.39, 0.29) is 36.4 Å². The summed E-state index contributed by atoms with van der Waals surface area (Å²) in [5.41, 5.74) is 6.23. The summed E-state index contributed by atoms with van der Waals surface area (Å²) in [6.45, 7) is 2.29. The minimum absolute atomic E-state index is 0.206. The molecule has 2 fully saturated rings. The van der Waals surface area contributed by atoms with Crippen molar-refractivity contribution in [3.63, 3.8) is 0 Å². The zero-order chi connectivity index (χ0) is 33.9. The highest BCUT2D eigenvalue weighted by molar-refractivity contribution is 6.43. The van der Waals surface area contributed by atoms with Gasteiger partial charge in [0.2, 0.25) is 11.8 Å². The van der Waals surface area contributed by atoms with Crippen molar-refractivity contribution >= 4 is 42.1 Å². The molecular formula is C40H39BN2O6. The Morgan fingerprint density at radius 3 is 2.37 bits per heavy atom. The molecule has 8 nitrogen and oxygen atoms in total. The van der Waals surface area contributed by atoms with Crippen molar-refractivity contribution in [3.05, 3.63) is 131 Å². The van der Waals surface area contributed by atoms with Crippen LogP contribution in [-0.4, -0.2) is 41.8 Å². The Morgan fingerprint density at radius 2 is 1.63 bits per heavy atom. The van der Waals surface area contributed by atoms with Crippen LogP contribution in [0.2, 0.25) is 6.32 Å². The number of phenolic OH excluding ortho intramolecular Hbond substituents is 1. The number of allylic oxidation sites excluding steroid dienone is 1. The van der Waals surface area contributed by atoms with Gasteiger partial charge in [-0.3, -0.25) is 14.5 Å². The number of carbonyl (C=O) groups is 2. The summed E-state index contributed by atoms with van der Waals surface area (Å²) in [7, 11) is -1.07. The second-order valence-corrected chi connectivity index (χ2v) is 13.1. The smallest absolute Gasteiger partial charge is 0.455 e. The van der Waals surface area contributed by atoms with Crippen molar-refractivity contribution in [1.29, 1.82) is 0 Å². The van der Waals surface area contributed by atoms with Gasteiger partial charge in [0.1, 0.15) is 18.1 Å². The van der Waals surface area contributed by atoms with Crippen LogP contribution in [0.15, 0.2) is 126 Å². The van der Waals surface area contributed by atoms with E-state index in [1.54, 1.807) is 30.3 Å². The van der Waals surface area contributed by atoms with Gasteiger partial charge in [0.25, 0.3) is 0 Å². The number of nitrogens with zero attached hydrogens (tertiary/aromatic N) is 1.